The molecular weight excluding hydrogens is 289 g/mol. The molecule has 0 aromatic heterocycles. The van der Waals surface area contributed by atoms with Crippen molar-refractivity contribution in [2.75, 3.05) is 11.8 Å². The number of nitrogens with one attached hydrogen (secondary N) is 1. The molecule has 2 rings (SSSR count). The maximum atomic E-state index is 13.1. The zero-order chi connectivity index (χ0) is 14.8. The Morgan fingerprint density at radius 2 is 1.65 bits per heavy atom. The van der Waals surface area contributed by atoms with Crippen LogP contribution in [0.1, 0.15) is 16.7 Å². The fourth-order valence-corrected chi connectivity index (χ4v) is 4.60. The highest BCUT2D eigenvalue weighted by Crippen LogP contribution is 2.43. The van der Waals surface area contributed by atoms with Crippen LogP contribution in [-0.2, 0) is 10.4 Å². The van der Waals surface area contributed by atoms with E-state index in [1.165, 1.54) is 0 Å². The van der Waals surface area contributed by atoms with E-state index in [0.29, 0.717) is 5.88 Å². The zero-order valence-electron chi connectivity index (χ0n) is 12.0. The van der Waals surface area contributed by atoms with Crippen LogP contribution in [0.4, 0.5) is 5.69 Å². The molecule has 4 heteroatoms. The second-order valence-electron chi connectivity index (χ2n) is 5.07. The van der Waals surface area contributed by atoms with Gasteiger partial charge in [0.15, 0.2) is 7.29 Å². The summed E-state index contributed by atoms with van der Waals surface area (Å²) in [6, 6.07) is 13.7. The Hall–Kier alpha value is -1.24. The third-order valence-electron chi connectivity index (χ3n) is 3.40. The van der Waals surface area contributed by atoms with Gasteiger partial charge < -0.3 is 5.09 Å². The summed E-state index contributed by atoms with van der Waals surface area (Å²) in [5.74, 6) is 0.364. The second-order valence-corrected chi connectivity index (χ2v) is 7.89. The lowest BCUT2D eigenvalue weighted by Crippen LogP contribution is -2.15. The van der Waals surface area contributed by atoms with E-state index >= 15 is 0 Å². The molecule has 0 saturated heterocycles. The van der Waals surface area contributed by atoms with E-state index in [1.807, 2.05) is 56.3 Å². The molecule has 0 aliphatic carbocycles. The minimum atomic E-state index is -2.71. The smallest absolute Gasteiger partial charge is 0.195 e. The molecule has 0 heterocycles. The molecule has 0 aliphatic heterocycles. The quantitative estimate of drug-likeness (QED) is 0.656. The first-order valence-electron chi connectivity index (χ1n) is 6.52. The number of aryl methyl sites for hydroxylation is 2. The van der Waals surface area contributed by atoms with Crippen molar-refractivity contribution >= 4 is 29.9 Å². The highest BCUT2D eigenvalue weighted by atomic mass is 35.5. The first-order valence-corrected chi connectivity index (χ1v) is 9.21. The van der Waals surface area contributed by atoms with Crippen LogP contribution in [0.5, 0.6) is 0 Å². The van der Waals surface area contributed by atoms with Crippen molar-refractivity contribution in [2.45, 2.75) is 19.7 Å². The summed E-state index contributed by atoms with van der Waals surface area (Å²) in [6.07, 6.45) is 0. The molecule has 0 fully saturated rings. The molecule has 2 nitrogen and oxygen atoms in total. The Bertz CT molecular complexity index is 649. The van der Waals surface area contributed by atoms with Crippen LogP contribution in [0.25, 0.3) is 0 Å². The summed E-state index contributed by atoms with van der Waals surface area (Å²) < 4.78 is 13.1. The van der Waals surface area contributed by atoms with Gasteiger partial charge in [0.25, 0.3) is 0 Å². The SMILES string of the molecule is Cc1cccc(C)c1NP(C)(=O)c1ccccc1CCl. The molecule has 0 aliphatic rings. The van der Waals surface area contributed by atoms with Gasteiger partial charge in [-0.05, 0) is 36.6 Å². The molecule has 1 unspecified atom stereocenters. The molecule has 0 amide bonds. The fraction of sp³-hybridized carbons (Fsp3) is 0.250. The van der Waals surface area contributed by atoms with Crippen LogP contribution in [0, 0.1) is 13.8 Å². The number of benzene rings is 2. The third kappa shape index (κ3) is 3.08. The van der Waals surface area contributed by atoms with Gasteiger partial charge in [0.2, 0.25) is 0 Å². The van der Waals surface area contributed by atoms with Crippen molar-refractivity contribution in [1.29, 1.82) is 0 Å². The van der Waals surface area contributed by atoms with Gasteiger partial charge in [-0.1, -0.05) is 36.4 Å². The summed E-state index contributed by atoms with van der Waals surface area (Å²) in [6.45, 7) is 5.79. The Kier molecular flexibility index (Phi) is 4.57. The normalized spacial score (nSPS) is 13.8. The number of hydrogen-bond donors (Lipinski definition) is 1. The van der Waals surface area contributed by atoms with E-state index in [0.717, 1.165) is 27.7 Å². The van der Waals surface area contributed by atoms with Crippen molar-refractivity contribution in [3.63, 3.8) is 0 Å². The number of para-hydroxylation sites is 1. The largest absolute Gasteiger partial charge is 0.332 e. The molecule has 106 valence electrons. The lowest BCUT2D eigenvalue weighted by molar-refractivity contribution is 0.588. The van der Waals surface area contributed by atoms with Crippen molar-refractivity contribution in [2.24, 2.45) is 0 Å². The van der Waals surface area contributed by atoms with Crippen LogP contribution >= 0.6 is 18.9 Å². The Morgan fingerprint density at radius 3 is 2.25 bits per heavy atom. The predicted octanol–water partition coefficient (Wildman–Crippen LogP) is 4.69. The van der Waals surface area contributed by atoms with Gasteiger partial charge in [-0.15, -0.1) is 11.6 Å². The molecule has 0 bridgehead atoms. The molecule has 0 radical (unpaired) electrons. The van der Waals surface area contributed by atoms with Crippen molar-refractivity contribution < 1.29 is 4.57 Å². The zero-order valence-corrected chi connectivity index (χ0v) is 13.6. The van der Waals surface area contributed by atoms with Crippen LogP contribution in [-0.4, -0.2) is 6.66 Å². The molecule has 1 atom stereocenters. The lowest BCUT2D eigenvalue weighted by atomic mass is 10.1. The average molecular weight is 308 g/mol. The minimum absolute atomic E-state index is 0.364. The molecule has 0 spiro atoms. The molecule has 2 aromatic carbocycles. The van der Waals surface area contributed by atoms with Gasteiger partial charge in [-0.25, -0.2) is 0 Å². The molecule has 1 N–H and O–H groups in total. The van der Waals surface area contributed by atoms with E-state index in [1.54, 1.807) is 6.66 Å². The summed E-state index contributed by atoms with van der Waals surface area (Å²) >= 11 is 5.95. The standard InChI is InChI=1S/C16H19ClNOP/c1-12-7-6-8-13(2)16(12)18-20(3,19)15-10-5-4-9-14(15)11-17/h4-10H,11H2,1-3H3,(H,18,19). The molecular formula is C16H19ClNOP. The maximum Gasteiger partial charge on any atom is 0.195 e. The van der Waals surface area contributed by atoms with Crippen molar-refractivity contribution in [3.05, 3.63) is 59.2 Å². The summed E-state index contributed by atoms with van der Waals surface area (Å²) in [5, 5.41) is 4.05. The lowest BCUT2D eigenvalue weighted by Gasteiger charge is -2.21. The minimum Gasteiger partial charge on any atom is -0.332 e. The third-order valence-corrected chi connectivity index (χ3v) is 5.70. The van der Waals surface area contributed by atoms with E-state index in [-0.39, 0.29) is 0 Å². The number of rotatable bonds is 4. The van der Waals surface area contributed by atoms with Crippen LogP contribution < -0.4 is 10.4 Å². The highest BCUT2D eigenvalue weighted by molar-refractivity contribution is 7.72. The van der Waals surface area contributed by atoms with Crippen LogP contribution in [0.15, 0.2) is 42.5 Å². The van der Waals surface area contributed by atoms with Crippen LogP contribution in [0.2, 0.25) is 0 Å². The number of halogens is 1. The summed E-state index contributed by atoms with van der Waals surface area (Å²) in [5.41, 5.74) is 4.05. The van der Waals surface area contributed by atoms with Crippen molar-refractivity contribution in [3.8, 4) is 0 Å². The number of alkyl halides is 1. The van der Waals surface area contributed by atoms with Gasteiger partial charge >= 0.3 is 0 Å². The van der Waals surface area contributed by atoms with Gasteiger partial charge in [-0.2, -0.15) is 0 Å². The van der Waals surface area contributed by atoms with Crippen molar-refractivity contribution in [1.82, 2.24) is 0 Å². The van der Waals surface area contributed by atoms with E-state index in [4.69, 9.17) is 11.6 Å². The van der Waals surface area contributed by atoms with Gasteiger partial charge in [0.05, 0.1) is 0 Å². The molecule has 20 heavy (non-hydrogen) atoms. The van der Waals surface area contributed by atoms with E-state index in [2.05, 4.69) is 5.09 Å². The fourth-order valence-electron chi connectivity index (χ4n) is 2.30. The number of anilines is 1. The highest BCUT2D eigenvalue weighted by Gasteiger charge is 2.22. The van der Waals surface area contributed by atoms with E-state index in [9.17, 15) is 4.57 Å². The van der Waals surface area contributed by atoms with E-state index < -0.39 is 7.29 Å². The summed E-state index contributed by atoms with van der Waals surface area (Å²) in [7, 11) is -2.71. The number of hydrogen-bond acceptors (Lipinski definition) is 1. The van der Waals surface area contributed by atoms with Gasteiger partial charge in [0.1, 0.15) is 0 Å². The first-order chi connectivity index (χ1) is 9.45. The monoisotopic (exact) mass is 307 g/mol. The topological polar surface area (TPSA) is 29.1 Å². The Morgan fingerprint density at radius 1 is 1.05 bits per heavy atom. The molecule has 0 saturated carbocycles. The average Bonchev–Trinajstić information content (AvgIpc) is 2.43. The first kappa shape index (κ1) is 15.2. The maximum absolute atomic E-state index is 13.1. The second kappa shape index (κ2) is 6.03. The van der Waals surface area contributed by atoms with Crippen LogP contribution in [0.3, 0.4) is 0 Å². The predicted molar refractivity (Wildman–Crippen MR) is 88.7 cm³/mol. The van der Waals surface area contributed by atoms with Gasteiger partial charge in [0, 0.05) is 23.5 Å². The Balaban J connectivity index is 2.44. The summed E-state index contributed by atoms with van der Waals surface area (Å²) in [4.78, 5) is 0. The Labute approximate surface area is 125 Å². The molecule has 2 aromatic rings. The van der Waals surface area contributed by atoms with Gasteiger partial charge in [-0.3, -0.25) is 4.57 Å².